The van der Waals surface area contributed by atoms with Crippen molar-refractivity contribution in [3.8, 4) is 5.75 Å². The van der Waals surface area contributed by atoms with Gasteiger partial charge in [-0.3, -0.25) is 0 Å². The Kier molecular flexibility index (Phi) is 2.88. The SMILES string of the molecule is CC(C)(C)C1c2ccccc2OC2CCCCC21. The first-order chi connectivity index (χ1) is 8.57. The Balaban J connectivity index is 2.06. The summed E-state index contributed by atoms with van der Waals surface area (Å²) in [6.07, 6.45) is 5.74. The zero-order valence-corrected chi connectivity index (χ0v) is 11.8. The van der Waals surface area contributed by atoms with E-state index in [9.17, 15) is 0 Å². The van der Waals surface area contributed by atoms with Crippen molar-refractivity contribution in [2.45, 2.75) is 58.5 Å². The number of hydrogen-bond donors (Lipinski definition) is 0. The maximum atomic E-state index is 6.26. The third-order valence-corrected chi connectivity index (χ3v) is 4.65. The molecule has 3 unspecified atom stereocenters. The van der Waals surface area contributed by atoms with E-state index < -0.39 is 0 Å². The van der Waals surface area contributed by atoms with Crippen LogP contribution in [0.15, 0.2) is 24.3 Å². The predicted octanol–water partition coefficient (Wildman–Crippen LogP) is 4.77. The summed E-state index contributed by atoms with van der Waals surface area (Å²) >= 11 is 0. The van der Waals surface area contributed by atoms with Gasteiger partial charge in [0.05, 0.1) is 0 Å². The van der Waals surface area contributed by atoms with Gasteiger partial charge in [-0.2, -0.15) is 0 Å². The minimum atomic E-state index is 0.320. The molecule has 1 aromatic carbocycles. The Morgan fingerprint density at radius 1 is 1.06 bits per heavy atom. The van der Waals surface area contributed by atoms with E-state index in [4.69, 9.17) is 4.74 Å². The molecule has 0 aromatic heterocycles. The minimum Gasteiger partial charge on any atom is -0.490 e. The van der Waals surface area contributed by atoms with Gasteiger partial charge in [-0.05, 0) is 42.2 Å². The van der Waals surface area contributed by atoms with Crippen LogP contribution in [0.5, 0.6) is 5.75 Å². The summed E-state index contributed by atoms with van der Waals surface area (Å²) in [6.45, 7) is 7.14. The molecular formula is C17H24O. The average Bonchev–Trinajstić information content (AvgIpc) is 2.34. The lowest BCUT2D eigenvalue weighted by atomic mass is 9.63. The highest BCUT2D eigenvalue weighted by Crippen LogP contribution is 2.52. The monoisotopic (exact) mass is 244 g/mol. The number of benzene rings is 1. The van der Waals surface area contributed by atoms with E-state index in [0.29, 0.717) is 23.4 Å². The lowest BCUT2D eigenvalue weighted by Crippen LogP contribution is -2.42. The Morgan fingerprint density at radius 2 is 1.78 bits per heavy atom. The summed E-state index contributed by atoms with van der Waals surface area (Å²) in [6, 6.07) is 8.68. The van der Waals surface area contributed by atoms with Gasteiger partial charge < -0.3 is 4.74 Å². The van der Waals surface area contributed by atoms with E-state index in [1.165, 1.54) is 31.2 Å². The molecule has 2 aliphatic rings. The highest BCUT2D eigenvalue weighted by atomic mass is 16.5. The van der Waals surface area contributed by atoms with E-state index >= 15 is 0 Å². The number of para-hydroxylation sites is 1. The third-order valence-electron chi connectivity index (χ3n) is 4.65. The maximum Gasteiger partial charge on any atom is 0.123 e. The van der Waals surface area contributed by atoms with Gasteiger partial charge in [-0.25, -0.2) is 0 Å². The van der Waals surface area contributed by atoms with Crippen molar-refractivity contribution >= 4 is 0 Å². The second-order valence-corrected chi connectivity index (χ2v) is 6.99. The summed E-state index contributed by atoms with van der Waals surface area (Å²) in [5.41, 5.74) is 1.76. The molecule has 1 aliphatic heterocycles. The summed E-state index contributed by atoms with van der Waals surface area (Å²) in [4.78, 5) is 0. The molecule has 1 aliphatic carbocycles. The molecule has 3 rings (SSSR count). The Labute approximate surface area is 111 Å². The van der Waals surface area contributed by atoms with Crippen molar-refractivity contribution in [3.05, 3.63) is 29.8 Å². The molecule has 1 heterocycles. The van der Waals surface area contributed by atoms with Crippen molar-refractivity contribution in [1.82, 2.24) is 0 Å². The minimum absolute atomic E-state index is 0.320. The fraction of sp³-hybridized carbons (Fsp3) is 0.647. The molecule has 0 saturated heterocycles. The fourth-order valence-electron chi connectivity index (χ4n) is 4.00. The Bertz CT molecular complexity index is 429. The van der Waals surface area contributed by atoms with Crippen molar-refractivity contribution in [2.24, 2.45) is 11.3 Å². The van der Waals surface area contributed by atoms with Crippen LogP contribution >= 0.6 is 0 Å². The molecule has 3 atom stereocenters. The number of ether oxygens (including phenoxy) is 1. The van der Waals surface area contributed by atoms with Crippen LogP contribution in [0.3, 0.4) is 0 Å². The molecule has 0 spiro atoms. The highest BCUT2D eigenvalue weighted by Gasteiger charge is 2.44. The van der Waals surface area contributed by atoms with Crippen LogP contribution in [0.1, 0.15) is 57.9 Å². The summed E-state index contributed by atoms with van der Waals surface area (Å²) in [5, 5.41) is 0. The van der Waals surface area contributed by atoms with E-state index in [1.807, 2.05) is 0 Å². The molecule has 0 amide bonds. The zero-order chi connectivity index (χ0) is 12.8. The standard InChI is InChI=1S/C17H24O/c1-17(2,3)16-12-8-4-6-10-14(12)18-15-11-7-5-9-13(15)16/h4,6,8,10,13,15-16H,5,7,9,11H2,1-3H3. The normalized spacial score (nSPS) is 31.2. The Hall–Kier alpha value is -0.980. The molecule has 0 radical (unpaired) electrons. The average molecular weight is 244 g/mol. The number of rotatable bonds is 0. The van der Waals surface area contributed by atoms with E-state index in [0.717, 1.165) is 5.75 Å². The molecule has 0 N–H and O–H groups in total. The van der Waals surface area contributed by atoms with Crippen LogP contribution < -0.4 is 4.74 Å². The van der Waals surface area contributed by atoms with Gasteiger partial charge >= 0.3 is 0 Å². The van der Waals surface area contributed by atoms with E-state index in [1.54, 1.807) is 0 Å². The molecule has 18 heavy (non-hydrogen) atoms. The van der Waals surface area contributed by atoms with Gasteiger partial charge in [0.25, 0.3) is 0 Å². The van der Waals surface area contributed by atoms with Crippen LogP contribution in [0.4, 0.5) is 0 Å². The lowest BCUT2D eigenvalue weighted by Gasteiger charge is -2.47. The van der Waals surface area contributed by atoms with Crippen molar-refractivity contribution in [3.63, 3.8) is 0 Å². The molecule has 1 heteroatoms. The molecule has 1 saturated carbocycles. The van der Waals surface area contributed by atoms with Crippen LogP contribution in [0, 0.1) is 11.3 Å². The molecular weight excluding hydrogens is 220 g/mol. The fourth-order valence-corrected chi connectivity index (χ4v) is 4.00. The van der Waals surface area contributed by atoms with Crippen molar-refractivity contribution < 1.29 is 4.74 Å². The van der Waals surface area contributed by atoms with Crippen LogP contribution in [0.2, 0.25) is 0 Å². The summed E-state index contributed by atoms with van der Waals surface area (Å²) in [5.74, 6) is 2.50. The van der Waals surface area contributed by atoms with Crippen molar-refractivity contribution in [2.75, 3.05) is 0 Å². The number of hydrogen-bond acceptors (Lipinski definition) is 1. The second-order valence-electron chi connectivity index (χ2n) is 6.99. The summed E-state index contributed by atoms with van der Waals surface area (Å²) in [7, 11) is 0. The lowest BCUT2D eigenvalue weighted by molar-refractivity contribution is 0.0253. The first-order valence-electron chi connectivity index (χ1n) is 7.33. The second kappa shape index (κ2) is 4.29. The van der Waals surface area contributed by atoms with Gasteiger partial charge in [0.15, 0.2) is 0 Å². The van der Waals surface area contributed by atoms with Gasteiger partial charge in [-0.1, -0.05) is 45.4 Å². The van der Waals surface area contributed by atoms with E-state index in [-0.39, 0.29) is 0 Å². The number of fused-ring (bicyclic) bond motifs is 2. The van der Waals surface area contributed by atoms with Gasteiger partial charge in [0.2, 0.25) is 0 Å². The summed E-state index contributed by atoms with van der Waals surface area (Å²) < 4.78 is 6.26. The maximum absolute atomic E-state index is 6.26. The topological polar surface area (TPSA) is 9.23 Å². The van der Waals surface area contributed by atoms with Crippen LogP contribution in [-0.4, -0.2) is 6.10 Å². The highest BCUT2D eigenvalue weighted by molar-refractivity contribution is 5.40. The third kappa shape index (κ3) is 1.94. The van der Waals surface area contributed by atoms with Crippen molar-refractivity contribution in [1.29, 1.82) is 0 Å². The van der Waals surface area contributed by atoms with Crippen LogP contribution in [-0.2, 0) is 0 Å². The predicted molar refractivity (Wildman–Crippen MR) is 75.0 cm³/mol. The smallest absolute Gasteiger partial charge is 0.123 e. The molecule has 0 bridgehead atoms. The van der Waals surface area contributed by atoms with Gasteiger partial charge in [0.1, 0.15) is 11.9 Å². The largest absolute Gasteiger partial charge is 0.490 e. The first kappa shape index (κ1) is 12.1. The van der Waals surface area contributed by atoms with Gasteiger partial charge in [0, 0.05) is 5.92 Å². The Morgan fingerprint density at radius 3 is 2.56 bits per heavy atom. The molecule has 1 nitrogen and oxygen atoms in total. The first-order valence-corrected chi connectivity index (χ1v) is 7.33. The molecule has 98 valence electrons. The molecule has 1 aromatic rings. The van der Waals surface area contributed by atoms with E-state index in [2.05, 4.69) is 45.0 Å². The van der Waals surface area contributed by atoms with Crippen LogP contribution in [0.25, 0.3) is 0 Å². The zero-order valence-electron chi connectivity index (χ0n) is 11.8. The quantitative estimate of drug-likeness (QED) is 0.639. The van der Waals surface area contributed by atoms with Gasteiger partial charge in [-0.15, -0.1) is 0 Å². The molecule has 1 fully saturated rings.